The lowest BCUT2D eigenvalue weighted by Crippen LogP contribution is -2.37. The lowest BCUT2D eigenvalue weighted by atomic mass is 10.2. The molecule has 0 radical (unpaired) electrons. The summed E-state index contributed by atoms with van der Waals surface area (Å²) in [5.41, 5.74) is 1.98. The van der Waals surface area contributed by atoms with Crippen molar-refractivity contribution >= 4 is 39.1 Å². The van der Waals surface area contributed by atoms with Crippen LogP contribution < -0.4 is 10.6 Å². The van der Waals surface area contributed by atoms with Gasteiger partial charge in [-0.05, 0) is 46.6 Å². The topological polar surface area (TPSA) is 97.1 Å². The number of furan rings is 1. The number of carbonyl (C=O) groups is 2. The SMILES string of the molecule is O=C(CNC(=O)c1ccc(Br)o1)NCCCc1nc(-c2ccncc2)cs1. The number of nitrogens with zero attached hydrogens (tertiary/aromatic N) is 2. The average molecular weight is 449 g/mol. The van der Waals surface area contributed by atoms with Gasteiger partial charge in [-0.1, -0.05) is 0 Å². The Balaban J connectivity index is 1.35. The lowest BCUT2D eigenvalue weighted by Gasteiger charge is -2.05. The Morgan fingerprint density at radius 3 is 2.70 bits per heavy atom. The Hall–Kier alpha value is -2.52. The van der Waals surface area contributed by atoms with E-state index in [9.17, 15) is 9.59 Å². The zero-order valence-corrected chi connectivity index (χ0v) is 16.7. The maximum atomic E-state index is 11.8. The highest BCUT2D eigenvalue weighted by Gasteiger charge is 2.11. The summed E-state index contributed by atoms with van der Waals surface area (Å²) in [4.78, 5) is 32.2. The van der Waals surface area contributed by atoms with E-state index in [1.807, 2.05) is 17.5 Å². The summed E-state index contributed by atoms with van der Waals surface area (Å²) in [6, 6.07) is 7.00. The fourth-order valence-corrected chi connectivity index (χ4v) is 3.45. The number of aryl methyl sites for hydroxylation is 1. The predicted octanol–water partition coefficient (Wildman–Crippen LogP) is 3.04. The van der Waals surface area contributed by atoms with Crippen LogP contribution in [-0.2, 0) is 11.2 Å². The molecule has 0 saturated heterocycles. The first-order chi connectivity index (χ1) is 13.1. The van der Waals surface area contributed by atoms with Gasteiger partial charge in [0.25, 0.3) is 5.91 Å². The van der Waals surface area contributed by atoms with Gasteiger partial charge in [-0.2, -0.15) is 0 Å². The smallest absolute Gasteiger partial charge is 0.287 e. The number of nitrogens with one attached hydrogen (secondary N) is 2. The van der Waals surface area contributed by atoms with Crippen LogP contribution in [0.5, 0.6) is 0 Å². The highest BCUT2D eigenvalue weighted by Crippen LogP contribution is 2.21. The average Bonchev–Trinajstić information content (AvgIpc) is 3.33. The summed E-state index contributed by atoms with van der Waals surface area (Å²) in [5.74, 6) is -0.517. The van der Waals surface area contributed by atoms with E-state index in [0.717, 1.165) is 29.1 Å². The number of pyridine rings is 1. The van der Waals surface area contributed by atoms with Gasteiger partial charge in [0.05, 0.1) is 17.2 Å². The van der Waals surface area contributed by atoms with Gasteiger partial charge in [0, 0.05) is 36.3 Å². The van der Waals surface area contributed by atoms with E-state index in [-0.39, 0.29) is 18.2 Å². The molecule has 3 heterocycles. The first kappa shape index (κ1) is 19.2. The van der Waals surface area contributed by atoms with Crippen LogP contribution in [-0.4, -0.2) is 34.9 Å². The van der Waals surface area contributed by atoms with Gasteiger partial charge in [-0.15, -0.1) is 11.3 Å². The molecule has 2 N–H and O–H groups in total. The molecule has 7 nitrogen and oxygen atoms in total. The number of thiazole rings is 1. The van der Waals surface area contributed by atoms with Crippen LogP contribution in [0.3, 0.4) is 0 Å². The molecule has 0 fully saturated rings. The third-order valence-corrected chi connectivity index (χ3v) is 4.96. The van der Waals surface area contributed by atoms with Crippen LogP contribution in [0.2, 0.25) is 0 Å². The molecule has 3 aromatic heterocycles. The summed E-state index contributed by atoms with van der Waals surface area (Å²) in [6.07, 6.45) is 5.04. The van der Waals surface area contributed by atoms with E-state index < -0.39 is 5.91 Å². The van der Waals surface area contributed by atoms with Gasteiger partial charge < -0.3 is 15.1 Å². The molecule has 2 amide bonds. The number of carbonyl (C=O) groups excluding carboxylic acids is 2. The molecule has 0 aliphatic heterocycles. The number of rotatable bonds is 8. The maximum absolute atomic E-state index is 11.8. The molecule has 3 rings (SSSR count). The summed E-state index contributed by atoms with van der Waals surface area (Å²) >= 11 is 4.73. The minimum absolute atomic E-state index is 0.0966. The van der Waals surface area contributed by atoms with E-state index in [1.165, 1.54) is 6.07 Å². The van der Waals surface area contributed by atoms with Crippen molar-refractivity contribution in [2.45, 2.75) is 12.8 Å². The second-order valence-electron chi connectivity index (χ2n) is 5.60. The Morgan fingerprint density at radius 2 is 1.96 bits per heavy atom. The number of amides is 2. The maximum Gasteiger partial charge on any atom is 0.287 e. The van der Waals surface area contributed by atoms with Crippen molar-refractivity contribution in [3.63, 3.8) is 0 Å². The molecule has 0 bridgehead atoms. The molecular formula is C18H17BrN4O3S. The Kier molecular flexibility index (Phi) is 6.72. The van der Waals surface area contributed by atoms with Crippen molar-refractivity contribution in [3.8, 4) is 11.3 Å². The molecular weight excluding hydrogens is 432 g/mol. The quantitative estimate of drug-likeness (QED) is 0.516. The largest absolute Gasteiger partial charge is 0.444 e. The Morgan fingerprint density at radius 1 is 1.15 bits per heavy atom. The van der Waals surface area contributed by atoms with Gasteiger partial charge in [0.2, 0.25) is 5.91 Å². The zero-order chi connectivity index (χ0) is 19.1. The van der Waals surface area contributed by atoms with Crippen LogP contribution in [0, 0.1) is 0 Å². The van der Waals surface area contributed by atoms with Gasteiger partial charge >= 0.3 is 0 Å². The molecule has 0 unspecified atom stereocenters. The van der Waals surface area contributed by atoms with Gasteiger partial charge in [-0.3, -0.25) is 14.6 Å². The van der Waals surface area contributed by atoms with Crippen LogP contribution in [0.4, 0.5) is 0 Å². The second kappa shape index (κ2) is 9.43. The van der Waals surface area contributed by atoms with E-state index >= 15 is 0 Å². The van der Waals surface area contributed by atoms with E-state index in [2.05, 4.69) is 36.5 Å². The predicted molar refractivity (Wildman–Crippen MR) is 105 cm³/mol. The Bertz CT molecular complexity index is 910. The molecule has 27 heavy (non-hydrogen) atoms. The number of hydrogen-bond donors (Lipinski definition) is 2. The van der Waals surface area contributed by atoms with Crippen molar-refractivity contribution in [3.05, 3.63) is 57.5 Å². The third-order valence-electron chi connectivity index (χ3n) is 3.62. The van der Waals surface area contributed by atoms with Crippen LogP contribution in [0.25, 0.3) is 11.3 Å². The summed E-state index contributed by atoms with van der Waals surface area (Å²) in [7, 11) is 0. The zero-order valence-electron chi connectivity index (χ0n) is 14.3. The minimum atomic E-state index is -0.428. The fraction of sp³-hybridized carbons (Fsp3) is 0.222. The Labute approximate surface area is 168 Å². The minimum Gasteiger partial charge on any atom is -0.444 e. The number of halogens is 1. The molecule has 0 saturated carbocycles. The molecule has 0 aromatic carbocycles. The summed E-state index contributed by atoms with van der Waals surface area (Å²) < 4.78 is 5.59. The first-order valence-electron chi connectivity index (χ1n) is 8.27. The molecule has 140 valence electrons. The monoisotopic (exact) mass is 448 g/mol. The molecule has 0 aliphatic carbocycles. The summed E-state index contributed by atoms with van der Waals surface area (Å²) in [5, 5.41) is 8.33. The number of hydrogen-bond acceptors (Lipinski definition) is 6. The van der Waals surface area contributed by atoms with Crippen molar-refractivity contribution < 1.29 is 14.0 Å². The normalized spacial score (nSPS) is 10.6. The van der Waals surface area contributed by atoms with E-state index in [4.69, 9.17) is 4.42 Å². The summed E-state index contributed by atoms with van der Waals surface area (Å²) in [6.45, 7) is 0.422. The van der Waals surface area contributed by atoms with Crippen molar-refractivity contribution in [2.24, 2.45) is 0 Å². The fourth-order valence-electron chi connectivity index (χ4n) is 2.29. The highest BCUT2D eigenvalue weighted by molar-refractivity contribution is 9.10. The molecule has 0 spiro atoms. The van der Waals surface area contributed by atoms with Crippen LogP contribution in [0.1, 0.15) is 22.0 Å². The van der Waals surface area contributed by atoms with Gasteiger partial charge in [0.15, 0.2) is 10.4 Å². The van der Waals surface area contributed by atoms with Crippen molar-refractivity contribution in [1.82, 2.24) is 20.6 Å². The van der Waals surface area contributed by atoms with Gasteiger partial charge in [0.1, 0.15) is 0 Å². The molecule has 0 atom stereocenters. The standard InChI is InChI=1S/C18H17BrN4O3S/c19-15-4-3-14(26-15)18(25)22-10-16(24)21-7-1-2-17-23-13(11-27-17)12-5-8-20-9-6-12/h3-6,8-9,11H,1-2,7,10H2,(H,21,24)(H,22,25). The van der Waals surface area contributed by atoms with Crippen molar-refractivity contribution in [1.29, 1.82) is 0 Å². The van der Waals surface area contributed by atoms with E-state index in [0.29, 0.717) is 11.2 Å². The van der Waals surface area contributed by atoms with Gasteiger partial charge in [-0.25, -0.2) is 4.98 Å². The van der Waals surface area contributed by atoms with Crippen LogP contribution >= 0.6 is 27.3 Å². The van der Waals surface area contributed by atoms with E-state index in [1.54, 1.807) is 29.8 Å². The third kappa shape index (κ3) is 5.73. The van der Waals surface area contributed by atoms with Crippen molar-refractivity contribution in [2.75, 3.05) is 13.1 Å². The highest BCUT2D eigenvalue weighted by atomic mass is 79.9. The first-order valence-corrected chi connectivity index (χ1v) is 9.94. The lowest BCUT2D eigenvalue weighted by molar-refractivity contribution is -0.120. The molecule has 0 aliphatic rings. The molecule has 3 aromatic rings. The second-order valence-corrected chi connectivity index (χ2v) is 7.33. The van der Waals surface area contributed by atoms with Crippen LogP contribution in [0.15, 0.2) is 51.1 Å². The number of aromatic nitrogens is 2. The molecule has 9 heteroatoms.